The molecule has 0 atom stereocenters. The second kappa shape index (κ2) is 4.97. The van der Waals surface area contributed by atoms with Crippen LogP contribution in [-0.2, 0) is 11.6 Å². The lowest BCUT2D eigenvalue weighted by Crippen LogP contribution is -2.10. The maximum atomic E-state index is 12.5. The Labute approximate surface area is 117 Å². The van der Waals surface area contributed by atoms with Gasteiger partial charge < -0.3 is 0 Å². The summed E-state index contributed by atoms with van der Waals surface area (Å²) in [6.45, 7) is 6.33. The highest BCUT2D eigenvalue weighted by molar-refractivity contribution is 5.65. The summed E-state index contributed by atoms with van der Waals surface area (Å²) >= 11 is 0. The van der Waals surface area contributed by atoms with E-state index >= 15 is 0 Å². The van der Waals surface area contributed by atoms with Crippen LogP contribution in [0.1, 0.15) is 31.9 Å². The van der Waals surface area contributed by atoms with Crippen molar-refractivity contribution in [3.05, 3.63) is 59.7 Å². The molecule has 0 bridgehead atoms. The number of halogens is 3. The maximum Gasteiger partial charge on any atom is 0.416 e. The van der Waals surface area contributed by atoms with E-state index < -0.39 is 11.7 Å². The molecule has 0 fully saturated rings. The highest BCUT2D eigenvalue weighted by atomic mass is 19.4. The predicted molar refractivity (Wildman–Crippen MR) is 75.6 cm³/mol. The van der Waals surface area contributed by atoms with Crippen molar-refractivity contribution >= 4 is 0 Å². The standard InChI is InChI=1S/C17H17F3/c1-16(2,3)15-6-4-5-13(11-15)12-7-9-14(10-8-12)17(18,19)20/h4-11H,1-3H3. The molecule has 3 heteroatoms. The Morgan fingerprint density at radius 3 is 1.80 bits per heavy atom. The van der Waals surface area contributed by atoms with Crippen molar-refractivity contribution in [2.75, 3.05) is 0 Å². The lowest BCUT2D eigenvalue weighted by atomic mass is 9.85. The third kappa shape index (κ3) is 3.21. The monoisotopic (exact) mass is 278 g/mol. The van der Waals surface area contributed by atoms with Crippen LogP contribution in [0.25, 0.3) is 11.1 Å². The SMILES string of the molecule is CC(C)(C)c1cccc(-c2ccc(C(F)(F)F)cc2)c1. The summed E-state index contributed by atoms with van der Waals surface area (Å²) < 4.78 is 37.6. The molecule has 0 aliphatic heterocycles. The van der Waals surface area contributed by atoms with Crippen LogP contribution in [0.3, 0.4) is 0 Å². The summed E-state index contributed by atoms with van der Waals surface area (Å²) in [5.41, 5.74) is 2.29. The van der Waals surface area contributed by atoms with E-state index in [-0.39, 0.29) is 5.41 Å². The summed E-state index contributed by atoms with van der Waals surface area (Å²) in [4.78, 5) is 0. The van der Waals surface area contributed by atoms with Gasteiger partial charge in [-0.25, -0.2) is 0 Å². The van der Waals surface area contributed by atoms with E-state index in [2.05, 4.69) is 20.8 Å². The quantitative estimate of drug-likeness (QED) is 0.630. The second-order valence-electron chi connectivity index (χ2n) is 5.91. The van der Waals surface area contributed by atoms with Crippen LogP contribution in [0.5, 0.6) is 0 Å². The van der Waals surface area contributed by atoms with Gasteiger partial charge in [0.05, 0.1) is 5.56 Å². The van der Waals surface area contributed by atoms with Crippen LogP contribution in [0.4, 0.5) is 13.2 Å². The second-order valence-corrected chi connectivity index (χ2v) is 5.91. The van der Waals surface area contributed by atoms with Crippen LogP contribution in [-0.4, -0.2) is 0 Å². The fourth-order valence-corrected chi connectivity index (χ4v) is 2.02. The molecule has 0 nitrogen and oxygen atoms in total. The maximum absolute atomic E-state index is 12.5. The van der Waals surface area contributed by atoms with Crippen molar-refractivity contribution in [3.8, 4) is 11.1 Å². The van der Waals surface area contributed by atoms with Gasteiger partial charge in [0.2, 0.25) is 0 Å². The van der Waals surface area contributed by atoms with Gasteiger partial charge in [0.15, 0.2) is 0 Å². The Hall–Kier alpha value is -1.77. The Morgan fingerprint density at radius 2 is 1.30 bits per heavy atom. The molecule has 0 aliphatic rings. The van der Waals surface area contributed by atoms with Gasteiger partial charge in [-0.1, -0.05) is 57.2 Å². The predicted octanol–water partition coefficient (Wildman–Crippen LogP) is 5.67. The molecule has 20 heavy (non-hydrogen) atoms. The molecule has 0 saturated carbocycles. The van der Waals surface area contributed by atoms with Gasteiger partial charge in [0.1, 0.15) is 0 Å². The van der Waals surface area contributed by atoms with E-state index in [4.69, 9.17) is 0 Å². The molecule has 2 rings (SSSR count). The Balaban J connectivity index is 2.38. The molecule has 0 spiro atoms. The number of rotatable bonds is 1. The third-order valence-electron chi connectivity index (χ3n) is 3.27. The number of alkyl halides is 3. The molecule has 0 aromatic heterocycles. The average Bonchev–Trinajstić information content (AvgIpc) is 2.37. The molecule has 0 N–H and O–H groups in total. The van der Waals surface area contributed by atoms with Crippen molar-refractivity contribution in [1.82, 2.24) is 0 Å². The van der Waals surface area contributed by atoms with Gasteiger partial charge in [-0.05, 0) is 34.2 Å². The Bertz CT molecular complexity index is 587. The first-order valence-electron chi connectivity index (χ1n) is 6.46. The van der Waals surface area contributed by atoms with Gasteiger partial charge in [0, 0.05) is 0 Å². The molecule has 106 valence electrons. The molecule has 0 amide bonds. The minimum absolute atomic E-state index is 0.0158. The van der Waals surface area contributed by atoms with Crippen LogP contribution < -0.4 is 0 Å². The normalized spacial score (nSPS) is 12.5. The summed E-state index contributed by atoms with van der Waals surface area (Å²) in [7, 11) is 0. The van der Waals surface area contributed by atoms with E-state index in [0.29, 0.717) is 0 Å². The van der Waals surface area contributed by atoms with E-state index in [0.717, 1.165) is 28.8 Å². The molecule has 0 saturated heterocycles. The van der Waals surface area contributed by atoms with Crippen LogP contribution in [0, 0.1) is 0 Å². The third-order valence-corrected chi connectivity index (χ3v) is 3.27. The van der Waals surface area contributed by atoms with Crippen LogP contribution in [0.15, 0.2) is 48.5 Å². The first kappa shape index (κ1) is 14.6. The topological polar surface area (TPSA) is 0 Å². The summed E-state index contributed by atoms with van der Waals surface area (Å²) in [6.07, 6.45) is -4.29. The summed E-state index contributed by atoms with van der Waals surface area (Å²) in [5.74, 6) is 0. The minimum atomic E-state index is -4.29. The van der Waals surface area contributed by atoms with Crippen molar-refractivity contribution in [2.24, 2.45) is 0 Å². The van der Waals surface area contributed by atoms with Gasteiger partial charge in [-0.15, -0.1) is 0 Å². The van der Waals surface area contributed by atoms with E-state index in [1.54, 1.807) is 0 Å². The van der Waals surface area contributed by atoms with Crippen molar-refractivity contribution in [1.29, 1.82) is 0 Å². The smallest absolute Gasteiger partial charge is 0.166 e. The molecule has 0 heterocycles. The largest absolute Gasteiger partial charge is 0.416 e. The molecule has 0 aliphatic carbocycles. The lowest BCUT2D eigenvalue weighted by molar-refractivity contribution is -0.137. The van der Waals surface area contributed by atoms with Crippen LogP contribution in [0.2, 0.25) is 0 Å². The van der Waals surface area contributed by atoms with Crippen molar-refractivity contribution < 1.29 is 13.2 Å². The van der Waals surface area contributed by atoms with Gasteiger partial charge in [0.25, 0.3) is 0 Å². The molecule has 0 radical (unpaired) electrons. The first-order chi connectivity index (χ1) is 9.18. The molecular weight excluding hydrogens is 261 g/mol. The number of benzene rings is 2. The highest BCUT2D eigenvalue weighted by Crippen LogP contribution is 2.32. The summed E-state index contributed by atoms with van der Waals surface area (Å²) in [6, 6.07) is 13.2. The van der Waals surface area contributed by atoms with Gasteiger partial charge in [-0.2, -0.15) is 13.2 Å². The fourth-order valence-electron chi connectivity index (χ4n) is 2.02. The molecule has 2 aromatic rings. The average molecular weight is 278 g/mol. The fraction of sp³-hybridized carbons (Fsp3) is 0.294. The zero-order valence-electron chi connectivity index (χ0n) is 11.8. The van der Waals surface area contributed by atoms with Crippen molar-refractivity contribution in [3.63, 3.8) is 0 Å². The van der Waals surface area contributed by atoms with Crippen LogP contribution >= 0.6 is 0 Å². The first-order valence-corrected chi connectivity index (χ1v) is 6.46. The Kier molecular flexibility index (Phi) is 3.63. The van der Waals surface area contributed by atoms with E-state index in [9.17, 15) is 13.2 Å². The summed E-state index contributed by atoms with van der Waals surface area (Å²) in [5, 5.41) is 0. The van der Waals surface area contributed by atoms with Gasteiger partial charge >= 0.3 is 6.18 Å². The van der Waals surface area contributed by atoms with Crippen molar-refractivity contribution in [2.45, 2.75) is 32.4 Å². The molecular formula is C17H17F3. The minimum Gasteiger partial charge on any atom is -0.166 e. The lowest BCUT2D eigenvalue weighted by Gasteiger charge is -2.20. The number of hydrogen-bond donors (Lipinski definition) is 0. The number of hydrogen-bond acceptors (Lipinski definition) is 0. The van der Waals surface area contributed by atoms with E-state index in [1.165, 1.54) is 12.1 Å². The molecule has 0 unspecified atom stereocenters. The Morgan fingerprint density at radius 1 is 0.700 bits per heavy atom. The van der Waals surface area contributed by atoms with E-state index in [1.807, 2.05) is 24.3 Å². The molecule has 2 aromatic carbocycles. The zero-order chi connectivity index (χ0) is 15.0. The van der Waals surface area contributed by atoms with Gasteiger partial charge in [-0.3, -0.25) is 0 Å². The zero-order valence-corrected chi connectivity index (χ0v) is 11.8. The highest BCUT2D eigenvalue weighted by Gasteiger charge is 2.29.